The molecule has 8 rings (SSSR count). The highest BCUT2D eigenvalue weighted by Crippen LogP contribution is 2.33. The van der Waals surface area contributed by atoms with E-state index >= 15 is 0 Å². The van der Waals surface area contributed by atoms with Gasteiger partial charge in [-0.05, 0) is 66.8 Å². The molecule has 4 aromatic carbocycles. The topological polar surface area (TPSA) is 59.5 Å². The Morgan fingerprint density at radius 1 is 0.615 bits per heavy atom. The molecular weight excluding hydrogens is 732 g/mol. The van der Waals surface area contributed by atoms with Crippen LogP contribution in [0, 0.1) is 13.8 Å². The Morgan fingerprint density at radius 2 is 1.15 bits per heavy atom. The van der Waals surface area contributed by atoms with Crippen molar-refractivity contribution in [1.29, 1.82) is 0 Å². The third-order valence-corrected chi connectivity index (χ3v) is 9.48. The average Bonchev–Trinajstić information content (AvgIpc) is 3.88. The Labute approximate surface area is 322 Å². The number of nitrogens with one attached hydrogen (secondary N) is 1. The minimum absolute atomic E-state index is 0. The minimum atomic E-state index is 0. The van der Waals surface area contributed by atoms with Crippen LogP contribution in [0.5, 0.6) is 11.8 Å². The lowest BCUT2D eigenvalue weighted by atomic mass is 10.0. The van der Waals surface area contributed by atoms with Crippen LogP contribution in [0.25, 0.3) is 22.3 Å². The van der Waals surface area contributed by atoms with E-state index < -0.39 is 0 Å². The fourth-order valence-electron chi connectivity index (χ4n) is 6.09. The van der Waals surface area contributed by atoms with Crippen LogP contribution in [0.3, 0.4) is 0 Å². The van der Waals surface area contributed by atoms with Crippen molar-refractivity contribution in [2.75, 3.05) is 31.1 Å². The molecule has 6 nitrogen and oxygen atoms in total. The first kappa shape index (κ1) is 38.5. The first-order valence-corrected chi connectivity index (χ1v) is 18.4. The maximum Gasteiger partial charge on any atom is 0.213 e. The Morgan fingerprint density at radius 3 is 1.71 bits per heavy atom. The van der Waals surface area contributed by atoms with E-state index in [1.807, 2.05) is 68.7 Å². The number of anilines is 1. The molecule has 2 fully saturated rings. The van der Waals surface area contributed by atoms with Crippen LogP contribution in [0.15, 0.2) is 150 Å². The van der Waals surface area contributed by atoms with Gasteiger partial charge in [-0.2, -0.15) is 0 Å². The second-order valence-corrected chi connectivity index (χ2v) is 13.6. The quantitative estimate of drug-likeness (QED) is 0.174. The molecule has 8 heteroatoms. The smallest absolute Gasteiger partial charge is 0.213 e. The molecule has 4 heterocycles. The predicted octanol–water partition coefficient (Wildman–Crippen LogP) is 10.4. The van der Waals surface area contributed by atoms with Crippen LogP contribution in [0.1, 0.15) is 24.0 Å². The summed E-state index contributed by atoms with van der Waals surface area (Å²) in [6, 6.07) is 45.7. The SMILES string of the molecule is Brc1ccccc1-c1ccccc1.Cc1ccc(O[C@H]2CCN(c3ccccc3-c3ccccc3)C2)nc1.Cc1ccc(O[C@H]2CCNC2)nc1.Cl. The second-order valence-electron chi connectivity index (χ2n) is 12.8. The molecular formula is C44H46BrClN4O2. The number of benzene rings is 4. The summed E-state index contributed by atoms with van der Waals surface area (Å²) >= 11 is 3.53. The predicted molar refractivity (Wildman–Crippen MR) is 220 cm³/mol. The van der Waals surface area contributed by atoms with Gasteiger partial charge in [0.15, 0.2) is 0 Å². The summed E-state index contributed by atoms with van der Waals surface area (Å²) in [6.45, 7) is 7.94. The van der Waals surface area contributed by atoms with Crippen LogP contribution in [-0.4, -0.2) is 48.4 Å². The van der Waals surface area contributed by atoms with Crippen molar-refractivity contribution in [3.63, 3.8) is 0 Å². The number of hydrogen-bond donors (Lipinski definition) is 1. The van der Waals surface area contributed by atoms with Gasteiger partial charge < -0.3 is 19.7 Å². The summed E-state index contributed by atoms with van der Waals surface area (Å²) in [5.41, 5.74) is 8.60. The molecule has 2 aromatic heterocycles. The van der Waals surface area contributed by atoms with Crippen LogP contribution < -0.4 is 19.7 Å². The number of ether oxygens (including phenoxy) is 2. The average molecular weight is 778 g/mol. The highest BCUT2D eigenvalue weighted by atomic mass is 79.9. The van der Waals surface area contributed by atoms with Gasteiger partial charge in [0.2, 0.25) is 11.8 Å². The van der Waals surface area contributed by atoms with E-state index in [0.29, 0.717) is 12.0 Å². The van der Waals surface area contributed by atoms with E-state index in [4.69, 9.17) is 9.47 Å². The van der Waals surface area contributed by atoms with Gasteiger partial charge in [0.1, 0.15) is 12.2 Å². The molecule has 2 aliphatic heterocycles. The van der Waals surface area contributed by atoms with Gasteiger partial charge in [-0.3, -0.25) is 0 Å². The molecule has 2 aliphatic rings. The zero-order valence-electron chi connectivity index (χ0n) is 29.7. The summed E-state index contributed by atoms with van der Waals surface area (Å²) in [4.78, 5) is 11.0. The minimum Gasteiger partial charge on any atom is -0.473 e. The van der Waals surface area contributed by atoms with Crippen molar-refractivity contribution in [3.8, 4) is 34.0 Å². The van der Waals surface area contributed by atoms with Gasteiger partial charge in [-0.15, -0.1) is 12.4 Å². The maximum atomic E-state index is 6.07. The number of nitrogens with zero attached hydrogens (tertiary/aromatic N) is 3. The number of para-hydroxylation sites is 1. The van der Waals surface area contributed by atoms with Crippen molar-refractivity contribution in [1.82, 2.24) is 15.3 Å². The fraction of sp³-hybridized carbons (Fsp3) is 0.227. The standard InChI is InChI=1S/C22H22N2O.C12H9Br.C10H14N2O.ClH/c1-17-11-12-22(23-15-17)25-19-13-14-24(16-19)21-10-6-5-9-20(21)18-7-3-2-4-8-18;13-12-9-5-4-8-11(12)10-6-2-1-3-7-10;1-8-2-3-10(12-6-8)13-9-4-5-11-7-9;/h2-12,15,19H,13-14,16H2,1H3;1-9H;2-3,6,9,11H,4-5,7H2,1H3;1H/t19-;;9-;/m0.0./s1. The number of rotatable bonds is 7. The summed E-state index contributed by atoms with van der Waals surface area (Å²) in [5.74, 6) is 1.45. The summed E-state index contributed by atoms with van der Waals surface area (Å²) in [7, 11) is 0. The van der Waals surface area contributed by atoms with Crippen LogP contribution in [0.4, 0.5) is 5.69 Å². The summed E-state index contributed by atoms with van der Waals surface area (Å²) in [6.07, 6.45) is 6.26. The van der Waals surface area contributed by atoms with Crippen LogP contribution in [-0.2, 0) is 0 Å². The van der Waals surface area contributed by atoms with Crippen LogP contribution >= 0.6 is 28.3 Å². The molecule has 0 spiro atoms. The van der Waals surface area contributed by atoms with Gasteiger partial charge in [0, 0.05) is 59.8 Å². The molecule has 0 aliphatic carbocycles. The Kier molecular flexibility index (Phi) is 14.7. The van der Waals surface area contributed by atoms with Crippen molar-refractivity contribution >= 4 is 34.0 Å². The summed E-state index contributed by atoms with van der Waals surface area (Å²) < 4.78 is 12.9. The zero-order chi connectivity index (χ0) is 35.3. The lowest BCUT2D eigenvalue weighted by Gasteiger charge is -2.22. The van der Waals surface area contributed by atoms with Gasteiger partial charge >= 0.3 is 0 Å². The van der Waals surface area contributed by atoms with E-state index in [9.17, 15) is 0 Å². The third kappa shape index (κ3) is 11.2. The molecule has 0 amide bonds. The first-order valence-electron chi connectivity index (χ1n) is 17.6. The van der Waals surface area contributed by atoms with Crippen molar-refractivity contribution in [2.24, 2.45) is 0 Å². The molecule has 0 saturated carbocycles. The first-order chi connectivity index (χ1) is 25.0. The number of aromatic nitrogens is 2. The van der Waals surface area contributed by atoms with Crippen molar-refractivity contribution in [2.45, 2.75) is 38.9 Å². The van der Waals surface area contributed by atoms with Gasteiger partial charge in [-0.25, -0.2) is 9.97 Å². The molecule has 268 valence electrons. The largest absolute Gasteiger partial charge is 0.473 e. The lowest BCUT2D eigenvalue weighted by molar-refractivity contribution is 0.214. The highest BCUT2D eigenvalue weighted by molar-refractivity contribution is 9.10. The highest BCUT2D eigenvalue weighted by Gasteiger charge is 2.26. The van der Waals surface area contributed by atoms with E-state index in [-0.39, 0.29) is 18.5 Å². The van der Waals surface area contributed by atoms with Gasteiger partial charge in [0.05, 0.1) is 6.54 Å². The second kappa shape index (κ2) is 19.8. The number of halogens is 2. The Hall–Kier alpha value is -4.69. The van der Waals surface area contributed by atoms with E-state index in [0.717, 1.165) is 60.5 Å². The third-order valence-electron chi connectivity index (χ3n) is 8.79. The Balaban J connectivity index is 0.000000164. The maximum absolute atomic E-state index is 6.07. The molecule has 0 unspecified atom stereocenters. The lowest BCUT2D eigenvalue weighted by Crippen LogP contribution is -2.25. The van der Waals surface area contributed by atoms with E-state index in [2.05, 4.69) is 127 Å². The molecule has 1 N–H and O–H groups in total. The molecule has 0 radical (unpaired) electrons. The van der Waals surface area contributed by atoms with Crippen LogP contribution in [0.2, 0.25) is 0 Å². The molecule has 6 aromatic rings. The fourth-order valence-corrected chi connectivity index (χ4v) is 6.60. The van der Waals surface area contributed by atoms with Crippen molar-refractivity contribution in [3.05, 3.63) is 161 Å². The monoisotopic (exact) mass is 776 g/mol. The number of aryl methyl sites for hydroxylation is 2. The van der Waals surface area contributed by atoms with Gasteiger partial charge in [-0.1, -0.05) is 125 Å². The number of hydrogen-bond acceptors (Lipinski definition) is 6. The zero-order valence-corrected chi connectivity index (χ0v) is 32.1. The normalized spacial score (nSPS) is 16.0. The van der Waals surface area contributed by atoms with E-state index in [1.165, 1.54) is 27.9 Å². The molecule has 0 bridgehead atoms. The summed E-state index contributed by atoms with van der Waals surface area (Å²) in [5, 5.41) is 3.25. The molecule has 52 heavy (non-hydrogen) atoms. The molecule has 2 saturated heterocycles. The van der Waals surface area contributed by atoms with Crippen molar-refractivity contribution < 1.29 is 9.47 Å². The molecule has 2 atom stereocenters. The van der Waals surface area contributed by atoms with Gasteiger partial charge in [0.25, 0.3) is 0 Å². The Bertz CT molecular complexity index is 1920. The number of pyridine rings is 2. The van der Waals surface area contributed by atoms with E-state index in [1.54, 1.807) is 0 Å².